The van der Waals surface area contributed by atoms with E-state index in [1.165, 1.54) is 116 Å². The second-order valence-corrected chi connectivity index (χ2v) is 39.3. The first-order valence-corrected chi connectivity index (χ1v) is 48.0. The van der Waals surface area contributed by atoms with E-state index in [1.54, 1.807) is 5.56 Å². The molecule has 19 rings (SSSR count). The summed E-state index contributed by atoms with van der Waals surface area (Å²) in [6.45, 7) is 31.3. The van der Waals surface area contributed by atoms with Crippen molar-refractivity contribution in [3.63, 3.8) is 0 Å². The van der Waals surface area contributed by atoms with Crippen LogP contribution in [0.15, 0.2) is 133 Å². The van der Waals surface area contributed by atoms with E-state index in [2.05, 4.69) is 177 Å². The number of aryl methyl sites for hydroxylation is 4. The number of aromatic amines is 3. The second kappa shape index (κ2) is 40.5. The molecular formula is C105H132N16O13. The van der Waals surface area contributed by atoms with E-state index in [0.29, 0.717) is 64.0 Å². The lowest BCUT2D eigenvalue weighted by Gasteiger charge is -2.31. The number of nitrogens with zero attached hydrogens (tertiary/aromatic N) is 9. The highest BCUT2D eigenvalue weighted by Gasteiger charge is 2.54. The number of fused-ring (bicyclic) bond motifs is 8. The molecule has 8 unspecified atom stereocenters. The van der Waals surface area contributed by atoms with Crippen LogP contribution in [-0.2, 0) is 60.4 Å². The van der Waals surface area contributed by atoms with Gasteiger partial charge in [0.1, 0.15) is 41.6 Å². The predicted octanol–water partition coefficient (Wildman–Crippen LogP) is 17.3. The lowest BCUT2D eigenvalue weighted by atomic mass is 9.73. The highest BCUT2D eigenvalue weighted by atomic mass is 16.7. The Bertz CT molecular complexity index is 5710. The molecule has 710 valence electrons. The molecule has 29 nitrogen and oxygen atoms in total. The van der Waals surface area contributed by atoms with Crippen LogP contribution in [0.3, 0.4) is 0 Å². The molecule has 0 radical (unpaired) electrons. The Kier molecular flexibility index (Phi) is 28.7. The Labute approximate surface area is 785 Å². The summed E-state index contributed by atoms with van der Waals surface area (Å²) >= 11 is 0. The van der Waals surface area contributed by atoms with Gasteiger partial charge < -0.3 is 84.2 Å². The monoisotopic (exact) mass is 1830 g/mol. The van der Waals surface area contributed by atoms with Gasteiger partial charge in [0.15, 0.2) is 11.7 Å². The Balaban J connectivity index is 0.000000131. The van der Waals surface area contributed by atoms with Crippen molar-refractivity contribution in [1.29, 1.82) is 0 Å². The summed E-state index contributed by atoms with van der Waals surface area (Å²) in [5.74, 6) is 4.63. The number of amides is 7. The zero-order valence-corrected chi connectivity index (χ0v) is 80.4. The van der Waals surface area contributed by atoms with Gasteiger partial charge >= 0.3 is 18.3 Å². The highest BCUT2D eigenvalue weighted by molar-refractivity contribution is 6.04. The van der Waals surface area contributed by atoms with Gasteiger partial charge in [-0.3, -0.25) is 29.2 Å². The first kappa shape index (κ1) is 94.9. The molecule has 10 aliphatic rings. The molecule has 4 aromatic heterocycles. The molecule has 0 bridgehead atoms. The number of rotatable bonds is 22. The molecular weight excluding hydrogens is 1690 g/mol. The Morgan fingerprint density at radius 3 is 1.39 bits per heavy atom. The summed E-state index contributed by atoms with van der Waals surface area (Å²) in [5.41, 5.74) is 25.2. The molecule has 10 heterocycles. The van der Waals surface area contributed by atoms with Gasteiger partial charge in [-0.25, -0.2) is 29.3 Å². The van der Waals surface area contributed by atoms with Crippen LogP contribution in [0.1, 0.15) is 230 Å². The molecule has 2 saturated carbocycles. The molecule has 7 N–H and O–H groups in total. The molecule has 1 spiro atoms. The van der Waals surface area contributed by atoms with Gasteiger partial charge in [-0.15, -0.1) is 0 Å². The number of alkyl carbamates (subject to hydrolysis) is 3. The molecule has 7 amide bonds. The number of benzene rings is 5. The van der Waals surface area contributed by atoms with Crippen molar-refractivity contribution in [3.8, 4) is 33.5 Å². The standard InChI is InChI=1S/C30H36N4O3.C29H35N5O3.C25H33N3O4.C21H28N4O3/c1-16(2)27(33-30(36)37-4)29(35)34-13-5-6-25(34)28-31-23-12-9-19(15-24(23)32-28)20-10-7-17(3)26-21-11-8-18(21)14-22(20)26;1-15(2)26(33-29(36)37-4)28(35)34-11-5-6-24(34)27-31-22-10-8-18(13-23(22)32-27)21-14-30-16(3)25-19-9-7-17(19)12-20(21)25;1-16(2)23(27-18(4)30-5)24(29)28-15-25(31-10-11-32-25)13-22(28)21-12-20(14-26-21)19-8-6-17(3)7-9-19;1-13(2)18(24-21(27)28-4)20(26)25-11-5-6-17(25)19-22-12-16(23-19)15-9-7-14(3)8-10-15/h7,9-10,12,15-16,18,21,25,27H,5-6,8,11,13-14H2,1-4H3,(H,31,32)(H,33,36);8,10,13-15,17,19,24,26H,5-7,9,11-12H2,1-4H3,(H,31,32)(H,33,36);6-9,14,16,22-23,27H,4,10-13,15H2,1-3,5H3;7-10,12-13,17-18H,5-6,11H2,1-4H3,(H,22,23)(H,24,27)/t18?,21?,25-,27-;;22-,23-;/m0.0./s1. The Morgan fingerprint density at radius 2 is 0.918 bits per heavy atom. The summed E-state index contributed by atoms with van der Waals surface area (Å²) in [7, 11) is 5.46. The van der Waals surface area contributed by atoms with Crippen molar-refractivity contribution in [2.75, 3.05) is 67.8 Å². The van der Waals surface area contributed by atoms with Crippen LogP contribution in [0.2, 0.25) is 0 Å². The Morgan fingerprint density at radius 1 is 0.470 bits per heavy atom. The van der Waals surface area contributed by atoms with E-state index in [1.807, 2.05) is 93.6 Å². The molecule has 5 aromatic carbocycles. The number of hydrogen-bond donors (Lipinski definition) is 7. The zero-order chi connectivity index (χ0) is 94.8. The number of aliphatic imine (C=N–C) groups is 1. The van der Waals surface area contributed by atoms with Gasteiger partial charge in [0.2, 0.25) is 23.6 Å². The third kappa shape index (κ3) is 19.7. The number of aromatic nitrogens is 7. The van der Waals surface area contributed by atoms with Crippen LogP contribution in [0.25, 0.3) is 61.2 Å². The van der Waals surface area contributed by atoms with Crippen LogP contribution < -0.4 is 21.3 Å². The van der Waals surface area contributed by atoms with E-state index in [4.69, 9.17) is 43.6 Å². The van der Waals surface area contributed by atoms with Gasteiger partial charge in [0.05, 0.1) is 106 Å². The van der Waals surface area contributed by atoms with Crippen LogP contribution in [0.4, 0.5) is 14.4 Å². The summed E-state index contributed by atoms with van der Waals surface area (Å²) in [6, 6.07) is 31.2. The van der Waals surface area contributed by atoms with Crippen molar-refractivity contribution >= 4 is 75.3 Å². The largest absolute Gasteiger partial charge is 0.483 e. The molecule has 29 heteroatoms. The topological polar surface area (TPSA) is 347 Å². The molecule has 134 heavy (non-hydrogen) atoms. The zero-order valence-electron chi connectivity index (χ0n) is 80.4. The van der Waals surface area contributed by atoms with Gasteiger partial charge in [-0.1, -0.05) is 139 Å². The number of nitrogens with one attached hydrogen (secondary N) is 7. The number of imidazole rings is 3. The molecule has 12 atom stereocenters. The first-order chi connectivity index (χ1) is 64.4. The molecule has 4 aliphatic carbocycles. The third-order valence-corrected chi connectivity index (χ3v) is 29.3. The summed E-state index contributed by atoms with van der Waals surface area (Å²) in [5, 5.41) is 11.2. The summed E-state index contributed by atoms with van der Waals surface area (Å²) in [4.78, 5) is 131. The van der Waals surface area contributed by atoms with E-state index in [9.17, 15) is 33.6 Å². The number of methoxy groups -OCH3 is 4. The fraction of sp³-hybridized carbons (Fsp3) is 0.505. The SMILES string of the molecule is C=C(N[C@H](C(=O)N1CC2(C[C@H]1C1=NC=C(c3ccc(C)cc3)C1)OCCO2)C(C)C)OC.COC(=O)NC(C(=O)N1CCCC1c1nc2ccc(-c3cnc(C)c4c3CC3CCC43)cc2[nH]1)C(C)C.COC(=O)NC(C(=O)N1CCCC1c1ncc(-c2ccc(C)cc2)[nH]1)C(C)C.COC(=O)N[C@H](C(=O)N1CCC[C@H]1c1nc2ccc(-c3ccc(C)c4c3CC3CCC43)cc2[nH]1)C(C)C. The Hall–Kier alpha value is -12.2. The normalized spacial score (nSPS) is 21.9. The maximum Gasteiger partial charge on any atom is 0.407 e. The number of ether oxygens (including phenoxy) is 6. The number of likely N-dealkylation sites (tertiary alicyclic amines) is 4. The predicted molar refractivity (Wildman–Crippen MR) is 515 cm³/mol. The van der Waals surface area contributed by atoms with Crippen LogP contribution in [0, 0.1) is 63.2 Å². The van der Waals surface area contributed by atoms with Crippen LogP contribution >= 0.6 is 0 Å². The van der Waals surface area contributed by atoms with E-state index in [0.717, 1.165) is 136 Å². The van der Waals surface area contributed by atoms with Crippen LogP contribution in [0.5, 0.6) is 0 Å². The number of H-pyrrole nitrogens is 3. The molecule has 5 saturated heterocycles. The lowest BCUT2D eigenvalue weighted by Crippen LogP contribution is -2.52. The smallest absolute Gasteiger partial charge is 0.407 e. The minimum Gasteiger partial charge on any atom is -0.483 e. The van der Waals surface area contributed by atoms with Gasteiger partial charge in [0.25, 0.3) is 0 Å². The van der Waals surface area contributed by atoms with Gasteiger partial charge in [0, 0.05) is 61.8 Å². The number of carbonyl (C=O) groups is 7. The van der Waals surface area contributed by atoms with Crippen molar-refractivity contribution in [2.45, 2.75) is 239 Å². The van der Waals surface area contributed by atoms with E-state index >= 15 is 0 Å². The molecule has 7 fully saturated rings. The van der Waals surface area contributed by atoms with E-state index in [-0.39, 0.29) is 71.5 Å². The third-order valence-electron chi connectivity index (χ3n) is 29.3. The molecule has 6 aliphatic heterocycles. The van der Waals surface area contributed by atoms with Crippen molar-refractivity contribution in [2.24, 2.45) is 40.5 Å². The minimum absolute atomic E-state index is 0.0225. The fourth-order valence-corrected chi connectivity index (χ4v) is 21.6. The number of allylic oxidation sites excluding steroid dienone is 1. The lowest BCUT2D eigenvalue weighted by molar-refractivity contribution is -0.153. The highest BCUT2D eigenvalue weighted by Crippen LogP contribution is 2.56. The molecule has 9 aromatic rings. The van der Waals surface area contributed by atoms with Crippen molar-refractivity contribution < 1.29 is 62.0 Å². The van der Waals surface area contributed by atoms with Gasteiger partial charge in [-0.05, 0) is 244 Å². The minimum atomic E-state index is -0.755. The second-order valence-electron chi connectivity index (χ2n) is 39.3. The number of hydrogen-bond acceptors (Lipinski definition) is 19. The average Bonchev–Trinajstić information content (AvgIpc) is 1.59. The van der Waals surface area contributed by atoms with Crippen LogP contribution in [-0.4, -0.2) is 206 Å². The van der Waals surface area contributed by atoms with Crippen molar-refractivity contribution in [1.82, 2.24) is 75.8 Å². The summed E-state index contributed by atoms with van der Waals surface area (Å²) in [6.07, 6.45) is 18.1. The first-order valence-electron chi connectivity index (χ1n) is 48.0. The number of pyridine rings is 1. The van der Waals surface area contributed by atoms with Crippen molar-refractivity contribution in [3.05, 3.63) is 196 Å². The average molecular weight is 1830 g/mol. The quantitative estimate of drug-likeness (QED) is 0.0245. The summed E-state index contributed by atoms with van der Waals surface area (Å²) < 4.78 is 31.3. The number of carbonyl (C=O) groups excluding carboxylic acids is 7. The maximum atomic E-state index is 13.7. The fourth-order valence-electron chi connectivity index (χ4n) is 21.6. The van der Waals surface area contributed by atoms with E-state index < -0.39 is 48.2 Å². The van der Waals surface area contributed by atoms with Gasteiger partial charge in [-0.2, -0.15) is 0 Å². The maximum absolute atomic E-state index is 13.7.